The first-order valence-corrected chi connectivity index (χ1v) is 10.6. The third kappa shape index (κ3) is 4.42. The maximum Gasteiger partial charge on any atom is 0.331 e. The van der Waals surface area contributed by atoms with E-state index < -0.39 is 0 Å². The lowest BCUT2D eigenvalue weighted by Gasteiger charge is -2.37. The molecule has 2 heterocycles. The number of nitrogens with zero attached hydrogens (tertiary/aromatic N) is 3. The van der Waals surface area contributed by atoms with E-state index >= 15 is 0 Å². The Balaban J connectivity index is 1.40. The molecule has 0 unspecified atom stereocenters. The number of piperidine rings is 1. The zero-order valence-electron chi connectivity index (χ0n) is 16.6. The first kappa shape index (κ1) is 20.6. The van der Waals surface area contributed by atoms with Crippen LogP contribution in [0, 0.1) is 0 Å². The first-order valence-electron chi connectivity index (χ1n) is 9.77. The zero-order chi connectivity index (χ0) is 21.1. The van der Waals surface area contributed by atoms with E-state index in [-0.39, 0.29) is 12.1 Å². The van der Waals surface area contributed by atoms with Gasteiger partial charge in [0.05, 0.1) is 12.6 Å². The smallest absolute Gasteiger partial charge is 0.331 e. The number of benzene rings is 2. The lowest BCUT2D eigenvalue weighted by molar-refractivity contribution is 0.223. The maximum absolute atomic E-state index is 12.6. The Bertz CT molecular complexity index is 1060. The predicted molar refractivity (Wildman–Crippen MR) is 125 cm³/mol. The minimum absolute atomic E-state index is 0.0535. The molecule has 0 spiro atoms. The van der Waals surface area contributed by atoms with Crippen molar-refractivity contribution < 1.29 is 9.53 Å². The van der Waals surface area contributed by atoms with Crippen LogP contribution in [0.15, 0.2) is 54.7 Å². The molecule has 6 nitrogen and oxygen atoms in total. The van der Waals surface area contributed by atoms with Gasteiger partial charge in [0.1, 0.15) is 5.75 Å². The Morgan fingerprint density at radius 2 is 2.03 bits per heavy atom. The van der Waals surface area contributed by atoms with Crippen LogP contribution in [0.25, 0.3) is 10.9 Å². The number of carbonyl (C=O) groups is 1. The molecular weight excluding hydrogens is 420 g/mol. The van der Waals surface area contributed by atoms with E-state index in [0.29, 0.717) is 16.5 Å². The lowest BCUT2D eigenvalue weighted by atomic mass is 10.0. The quantitative estimate of drug-likeness (QED) is 0.542. The summed E-state index contributed by atoms with van der Waals surface area (Å²) in [6.07, 6.45) is 3.46. The van der Waals surface area contributed by atoms with Crippen molar-refractivity contribution in [2.75, 3.05) is 30.4 Å². The average Bonchev–Trinajstić information content (AvgIpc) is 2.78. The van der Waals surface area contributed by atoms with Gasteiger partial charge in [-0.25, -0.2) is 4.79 Å². The molecule has 1 N–H and O–H groups in total. The topological polar surface area (TPSA) is 57.7 Å². The molecule has 30 heavy (non-hydrogen) atoms. The summed E-state index contributed by atoms with van der Waals surface area (Å²) >= 11 is 10.6. The molecule has 0 aliphatic carbocycles. The molecule has 4 rings (SSSR count). The normalized spacial score (nSPS) is 14.6. The first-order chi connectivity index (χ1) is 14.5. The van der Waals surface area contributed by atoms with Gasteiger partial charge in [-0.05, 0) is 49.2 Å². The van der Waals surface area contributed by atoms with Gasteiger partial charge >= 0.3 is 6.03 Å². The lowest BCUT2D eigenvalue weighted by Crippen LogP contribution is -2.44. The van der Waals surface area contributed by atoms with Crippen LogP contribution < -0.4 is 15.0 Å². The van der Waals surface area contributed by atoms with Gasteiger partial charge < -0.3 is 15.0 Å². The number of halogens is 1. The molecule has 0 radical (unpaired) electrons. The summed E-state index contributed by atoms with van der Waals surface area (Å²) in [5.74, 6) is 0.692. The fourth-order valence-corrected chi connectivity index (χ4v) is 4.23. The molecule has 156 valence electrons. The van der Waals surface area contributed by atoms with E-state index in [1.807, 2.05) is 48.7 Å². The van der Waals surface area contributed by atoms with Gasteiger partial charge in [-0.15, -0.1) is 0 Å². The fourth-order valence-electron chi connectivity index (χ4n) is 3.78. The number of fused-ring (bicyclic) bond motifs is 1. The zero-order valence-corrected chi connectivity index (χ0v) is 18.2. The van der Waals surface area contributed by atoms with E-state index in [9.17, 15) is 4.79 Å². The standard InChI is InChI=1S/C22H23ClN4O2S/c1-29-18-4-2-3-16(14-18)25-22(28)27(30)17-8-11-26(12-9-17)21-7-10-24-20-13-15(23)5-6-19(20)21/h2-7,10,13-14,17,30H,8-9,11-12H2,1H3,(H,25,28). The number of hydrogen-bond donors (Lipinski definition) is 2. The van der Waals surface area contributed by atoms with Crippen LogP contribution in [0.4, 0.5) is 16.2 Å². The van der Waals surface area contributed by atoms with E-state index in [2.05, 4.69) is 28.0 Å². The second kappa shape index (κ2) is 9.02. The predicted octanol–water partition coefficient (Wildman–Crippen LogP) is 5.24. The van der Waals surface area contributed by atoms with Crippen molar-refractivity contribution in [3.63, 3.8) is 0 Å². The Morgan fingerprint density at radius 1 is 1.23 bits per heavy atom. The van der Waals surface area contributed by atoms with Gasteiger partial charge in [0.2, 0.25) is 0 Å². The molecule has 0 saturated carbocycles. The van der Waals surface area contributed by atoms with Crippen LogP contribution in [0.5, 0.6) is 5.75 Å². The molecular formula is C22H23ClN4O2S. The Hall–Kier alpha value is -2.64. The second-order valence-electron chi connectivity index (χ2n) is 7.22. The number of ether oxygens (including phenoxy) is 1. The van der Waals surface area contributed by atoms with Crippen molar-refractivity contribution in [2.24, 2.45) is 0 Å². The van der Waals surface area contributed by atoms with Gasteiger partial charge in [0.25, 0.3) is 0 Å². The molecule has 2 amide bonds. The number of anilines is 2. The van der Waals surface area contributed by atoms with Crippen molar-refractivity contribution in [3.8, 4) is 5.75 Å². The van der Waals surface area contributed by atoms with Crippen molar-refractivity contribution >= 4 is 52.7 Å². The van der Waals surface area contributed by atoms with E-state index in [1.165, 1.54) is 4.31 Å². The number of amides is 2. The minimum Gasteiger partial charge on any atom is -0.497 e. The van der Waals surface area contributed by atoms with Crippen molar-refractivity contribution in [1.29, 1.82) is 0 Å². The van der Waals surface area contributed by atoms with Crippen LogP contribution in [0.3, 0.4) is 0 Å². The van der Waals surface area contributed by atoms with Gasteiger partial charge in [-0.2, -0.15) is 0 Å². The number of carbonyl (C=O) groups excluding carboxylic acids is 1. The number of aromatic nitrogens is 1. The Labute approximate surface area is 186 Å². The molecule has 8 heteroatoms. The molecule has 1 fully saturated rings. The SMILES string of the molecule is COc1cccc(NC(=O)N(S)C2CCN(c3ccnc4cc(Cl)ccc34)CC2)c1. The van der Waals surface area contributed by atoms with Crippen molar-refractivity contribution in [3.05, 3.63) is 59.8 Å². The monoisotopic (exact) mass is 442 g/mol. The van der Waals surface area contributed by atoms with Gasteiger partial charge in [0, 0.05) is 53.2 Å². The van der Waals surface area contributed by atoms with Gasteiger partial charge in [-0.1, -0.05) is 30.5 Å². The summed E-state index contributed by atoms with van der Waals surface area (Å²) in [5, 5.41) is 4.64. The molecule has 1 aromatic heterocycles. The van der Waals surface area contributed by atoms with Crippen LogP contribution >= 0.6 is 24.4 Å². The van der Waals surface area contributed by atoms with Crippen LogP contribution in [-0.4, -0.2) is 41.6 Å². The average molecular weight is 443 g/mol. The summed E-state index contributed by atoms with van der Waals surface area (Å²) in [6, 6.07) is 14.9. The molecule has 1 saturated heterocycles. The van der Waals surface area contributed by atoms with Gasteiger partial charge in [-0.3, -0.25) is 9.29 Å². The summed E-state index contributed by atoms with van der Waals surface area (Å²) in [5.41, 5.74) is 2.70. The Morgan fingerprint density at radius 3 is 2.80 bits per heavy atom. The highest BCUT2D eigenvalue weighted by Crippen LogP contribution is 2.30. The van der Waals surface area contributed by atoms with Crippen LogP contribution in [0.2, 0.25) is 5.02 Å². The summed E-state index contributed by atoms with van der Waals surface area (Å²) < 4.78 is 6.70. The minimum atomic E-state index is -0.242. The largest absolute Gasteiger partial charge is 0.497 e. The highest BCUT2D eigenvalue weighted by atomic mass is 35.5. The third-order valence-electron chi connectivity index (χ3n) is 5.36. The summed E-state index contributed by atoms with van der Waals surface area (Å²) in [7, 11) is 1.60. The molecule has 0 atom stereocenters. The number of nitrogens with one attached hydrogen (secondary N) is 1. The number of pyridine rings is 1. The molecule has 2 aromatic carbocycles. The number of methoxy groups -OCH3 is 1. The van der Waals surface area contributed by atoms with Crippen molar-refractivity contribution in [2.45, 2.75) is 18.9 Å². The maximum atomic E-state index is 12.6. The fraction of sp³-hybridized carbons (Fsp3) is 0.273. The summed E-state index contributed by atoms with van der Waals surface area (Å²) in [4.78, 5) is 19.4. The number of urea groups is 1. The number of rotatable bonds is 4. The van der Waals surface area contributed by atoms with Crippen molar-refractivity contribution in [1.82, 2.24) is 9.29 Å². The molecule has 1 aliphatic rings. The van der Waals surface area contributed by atoms with Crippen LogP contribution in [0.1, 0.15) is 12.8 Å². The van der Waals surface area contributed by atoms with Crippen LogP contribution in [-0.2, 0) is 0 Å². The second-order valence-corrected chi connectivity index (χ2v) is 8.08. The van der Waals surface area contributed by atoms with E-state index in [0.717, 1.165) is 42.5 Å². The molecule has 3 aromatic rings. The Kier molecular flexibility index (Phi) is 6.20. The van der Waals surface area contributed by atoms with Gasteiger partial charge in [0.15, 0.2) is 0 Å². The highest BCUT2D eigenvalue weighted by Gasteiger charge is 2.27. The van der Waals surface area contributed by atoms with E-state index in [1.54, 1.807) is 13.2 Å². The molecule has 1 aliphatic heterocycles. The molecule has 0 bridgehead atoms. The summed E-state index contributed by atoms with van der Waals surface area (Å²) in [6.45, 7) is 1.66. The highest BCUT2D eigenvalue weighted by molar-refractivity contribution is 7.78. The number of hydrogen-bond acceptors (Lipinski definition) is 5. The third-order valence-corrected chi connectivity index (χ3v) is 6.11. The van der Waals surface area contributed by atoms with E-state index in [4.69, 9.17) is 16.3 Å². The number of thiol groups is 1.